The van der Waals surface area contributed by atoms with Crippen molar-refractivity contribution < 1.29 is 14.6 Å². The molecule has 32 heavy (non-hydrogen) atoms. The predicted octanol–water partition coefficient (Wildman–Crippen LogP) is 4.29. The van der Waals surface area contributed by atoms with Gasteiger partial charge in [-0.05, 0) is 72.9 Å². The number of aromatic amines is 1. The highest BCUT2D eigenvalue weighted by Crippen LogP contribution is 2.39. The summed E-state index contributed by atoms with van der Waals surface area (Å²) in [5.41, 5.74) is 4.73. The van der Waals surface area contributed by atoms with E-state index in [-0.39, 0.29) is 12.0 Å². The number of imidazole rings is 1. The molecule has 4 atom stereocenters. The van der Waals surface area contributed by atoms with Gasteiger partial charge in [0.15, 0.2) is 0 Å². The number of fused-ring (bicyclic) bond motifs is 2. The standard InChI is InChI=1S/C26H31N3O3/c1-15(2)17-5-4-16(3)24(10-17)32-25-11-20-13-29(12-19(20)9-23(25)30)26(31)18-6-7-21-22(8-18)28-14-27-21/h4-8,10,14-15,19-20,23,25,30H,9,11-13H2,1-3H3,(H,27,28)/t19-,20+,23+,25+/m0/s1. The van der Waals surface area contributed by atoms with Crippen molar-refractivity contribution in [3.63, 3.8) is 0 Å². The van der Waals surface area contributed by atoms with Crippen LogP contribution < -0.4 is 4.74 Å². The molecule has 2 heterocycles. The van der Waals surface area contributed by atoms with Crippen LogP contribution in [0.2, 0.25) is 0 Å². The fourth-order valence-electron chi connectivity index (χ4n) is 5.20. The van der Waals surface area contributed by atoms with Crippen LogP contribution in [0.5, 0.6) is 5.75 Å². The normalized spacial score (nSPS) is 25.3. The van der Waals surface area contributed by atoms with Gasteiger partial charge in [0.25, 0.3) is 5.91 Å². The fourth-order valence-corrected chi connectivity index (χ4v) is 5.20. The van der Waals surface area contributed by atoms with E-state index in [1.807, 2.05) is 30.0 Å². The van der Waals surface area contributed by atoms with E-state index in [4.69, 9.17) is 4.74 Å². The maximum atomic E-state index is 13.2. The summed E-state index contributed by atoms with van der Waals surface area (Å²) in [6, 6.07) is 11.9. The number of hydrogen-bond acceptors (Lipinski definition) is 4. The zero-order valence-corrected chi connectivity index (χ0v) is 18.9. The highest BCUT2D eigenvalue weighted by atomic mass is 16.5. The number of nitrogens with one attached hydrogen (secondary N) is 1. The highest BCUT2D eigenvalue weighted by molar-refractivity contribution is 5.97. The molecule has 1 amide bonds. The zero-order valence-electron chi connectivity index (χ0n) is 18.9. The molecule has 2 N–H and O–H groups in total. The van der Waals surface area contributed by atoms with Gasteiger partial charge in [0.2, 0.25) is 0 Å². The minimum absolute atomic E-state index is 0.0448. The number of aryl methyl sites for hydroxylation is 1. The van der Waals surface area contributed by atoms with Crippen LogP contribution >= 0.6 is 0 Å². The summed E-state index contributed by atoms with van der Waals surface area (Å²) in [5.74, 6) is 1.99. The van der Waals surface area contributed by atoms with Crippen LogP contribution in [0.25, 0.3) is 11.0 Å². The Bertz CT molecular complexity index is 1140. The number of benzene rings is 2. The third-order valence-electron chi connectivity index (χ3n) is 7.20. The van der Waals surface area contributed by atoms with Gasteiger partial charge < -0.3 is 19.7 Å². The molecular formula is C26H31N3O3. The van der Waals surface area contributed by atoms with E-state index in [2.05, 4.69) is 42.0 Å². The number of carbonyl (C=O) groups excluding carboxylic acids is 1. The van der Waals surface area contributed by atoms with Gasteiger partial charge in [-0.1, -0.05) is 26.0 Å². The van der Waals surface area contributed by atoms with Crippen LogP contribution in [0.15, 0.2) is 42.7 Å². The van der Waals surface area contributed by atoms with Gasteiger partial charge in [-0.25, -0.2) is 4.98 Å². The largest absolute Gasteiger partial charge is 0.487 e. The highest BCUT2D eigenvalue weighted by Gasteiger charge is 2.44. The molecule has 0 bridgehead atoms. The lowest BCUT2D eigenvalue weighted by atomic mass is 9.78. The number of hydrogen-bond donors (Lipinski definition) is 2. The van der Waals surface area contributed by atoms with E-state index in [1.54, 1.807) is 6.33 Å². The van der Waals surface area contributed by atoms with Crippen LogP contribution in [0, 0.1) is 18.8 Å². The van der Waals surface area contributed by atoms with Crippen LogP contribution in [-0.4, -0.2) is 51.2 Å². The number of aliphatic hydroxyl groups excluding tert-OH is 1. The van der Waals surface area contributed by atoms with Crippen LogP contribution in [0.4, 0.5) is 0 Å². The number of likely N-dealkylation sites (tertiary alicyclic amines) is 1. The first-order chi connectivity index (χ1) is 15.4. The first-order valence-corrected chi connectivity index (χ1v) is 11.6. The Morgan fingerprint density at radius 3 is 2.72 bits per heavy atom. The first kappa shape index (κ1) is 21.0. The molecule has 168 valence electrons. The molecule has 0 spiro atoms. The van der Waals surface area contributed by atoms with Crippen molar-refractivity contribution in [2.24, 2.45) is 11.8 Å². The van der Waals surface area contributed by atoms with Gasteiger partial charge >= 0.3 is 0 Å². The third-order valence-corrected chi connectivity index (χ3v) is 7.20. The Kier molecular flexibility index (Phi) is 5.41. The van der Waals surface area contributed by atoms with E-state index >= 15 is 0 Å². The van der Waals surface area contributed by atoms with Crippen LogP contribution in [0.1, 0.15) is 54.1 Å². The van der Waals surface area contributed by atoms with Crippen molar-refractivity contribution in [2.45, 2.75) is 51.7 Å². The topological polar surface area (TPSA) is 78.5 Å². The minimum atomic E-state index is -0.519. The molecule has 2 aromatic carbocycles. The predicted molar refractivity (Wildman–Crippen MR) is 124 cm³/mol. The SMILES string of the molecule is Cc1ccc(C(C)C)cc1O[C@@H]1C[C@@H]2CN(C(=O)c3ccc4nc[nH]c4c3)C[C@@H]2C[C@H]1O. The lowest BCUT2D eigenvalue weighted by Crippen LogP contribution is -2.42. The van der Waals surface area contributed by atoms with Gasteiger partial charge in [-0.3, -0.25) is 4.79 Å². The van der Waals surface area contributed by atoms with E-state index in [0.29, 0.717) is 42.8 Å². The van der Waals surface area contributed by atoms with E-state index in [1.165, 1.54) is 5.56 Å². The maximum absolute atomic E-state index is 13.2. The van der Waals surface area contributed by atoms with Crippen molar-refractivity contribution in [3.05, 3.63) is 59.4 Å². The number of rotatable bonds is 4. The summed E-state index contributed by atoms with van der Waals surface area (Å²) in [6.07, 6.45) is 2.31. The monoisotopic (exact) mass is 433 g/mol. The number of H-pyrrole nitrogens is 1. The molecule has 5 rings (SSSR count). The number of aliphatic hydroxyl groups is 1. The molecule has 6 heteroatoms. The molecule has 6 nitrogen and oxygen atoms in total. The molecular weight excluding hydrogens is 402 g/mol. The number of amides is 1. The molecule has 1 saturated heterocycles. The van der Waals surface area contributed by atoms with Crippen molar-refractivity contribution in [1.29, 1.82) is 0 Å². The van der Waals surface area contributed by atoms with Crippen molar-refractivity contribution in [2.75, 3.05) is 13.1 Å². The second-order valence-corrected chi connectivity index (χ2v) is 9.74. The first-order valence-electron chi connectivity index (χ1n) is 11.6. The smallest absolute Gasteiger partial charge is 0.253 e. The second kappa shape index (κ2) is 8.24. The Morgan fingerprint density at radius 2 is 1.94 bits per heavy atom. The third kappa shape index (κ3) is 3.88. The lowest BCUT2D eigenvalue weighted by Gasteiger charge is -2.35. The lowest BCUT2D eigenvalue weighted by molar-refractivity contribution is -0.0234. The number of ether oxygens (including phenoxy) is 1. The molecule has 1 aliphatic carbocycles. The Labute approximate surface area is 188 Å². The number of carbonyl (C=O) groups is 1. The van der Waals surface area contributed by atoms with Crippen LogP contribution in [0.3, 0.4) is 0 Å². The zero-order chi connectivity index (χ0) is 22.4. The number of nitrogens with zero attached hydrogens (tertiary/aromatic N) is 2. The quantitative estimate of drug-likeness (QED) is 0.644. The Hall–Kier alpha value is -2.86. The average Bonchev–Trinajstić information content (AvgIpc) is 3.40. The summed E-state index contributed by atoms with van der Waals surface area (Å²) in [7, 11) is 0. The maximum Gasteiger partial charge on any atom is 0.253 e. The van der Waals surface area contributed by atoms with Gasteiger partial charge in [0, 0.05) is 18.7 Å². The summed E-state index contributed by atoms with van der Waals surface area (Å²) >= 11 is 0. The van der Waals surface area contributed by atoms with Gasteiger partial charge in [-0.15, -0.1) is 0 Å². The molecule has 1 saturated carbocycles. The molecule has 3 aromatic rings. The van der Waals surface area contributed by atoms with Crippen molar-refractivity contribution in [1.82, 2.24) is 14.9 Å². The Morgan fingerprint density at radius 1 is 1.16 bits per heavy atom. The summed E-state index contributed by atoms with van der Waals surface area (Å²) in [6.45, 7) is 7.79. The van der Waals surface area contributed by atoms with E-state index < -0.39 is 6.10 Å². The van der Waals surface area contributed by atoms with Crippen LogP contribution in [-0.2, 0) is 0 Å². The van der Waals surface area contributed by atoms with Gasteiger partial charge in [0.1, 0.15) is 11.9 Å². The molecule has 1 aliphatic heterocycles. The average molecular weight is 434 g/mol. The molecule has 2 fully saturated rings. The molecule has 0 unspecified atom stereocenters. The summed E-state index contributed by atoms with van der Waals surface area (Å²) < 4.78 is 6.35. The molecule has 1 aromatic heterocycles. The molecule has 2 aliphatic rings. The molecule has 0 radical (unpaired) electrons. The number of aromatic nitrogens is 2. The summed E-state index contributed by atoms with van der Waals surface area (Å²) in [4.78, 5) is 22.4. The second-order valence-electron chi connectivity index (χ2n) is 9.74. The van der Waals surface area contributed by atoms with E-state index in [0.717, 1.165) is 28.8 Å². The van der Waals surface area contributed by atoms with Crippen molar-refractivity contribution in [3.8, 4) is 5.75 Å². The Balaban J connectivity index is 1.28. The van der Waals surface area contributed by atoms with E-state index in [9.17, 15) is 9.90 Å². The summed E-state index contributed by atoms with van der Waals surface area (Å²) in [5, 5.41) is 10.8. The van der Waals surface area contributed by atoms with Crippen molar-refractivity contribution >= 4 is 16.9 Å². The minimum Gasteiger partial charge on any atom is -0.487 e. The fraction of sp³-hybridized carbons (Fsp3) is 0.462. The van der Waals surface area contributed by atoms with Gasteiger partial charge in [-0.2, -0.15) is 0 Å². The van der Waals surface area contributed by atoms with Gasteiger partial charge in [0.05, 0.1) is 23.5 Å².